The van der Waals surface area contributed by atoms with Gasteiger partial charge in [-0.05, 0) is 37.3 Å². The van der Waals surface area contributed by atoms with Crippen LogP contribution in [0.5, 0.6) is 0 Å². The summed E-state index contributed by atoms with van der Waals surface area (Å²) in [4.78, 5) is 8.92. The van der Waals surface area contributed by atoms with Crippen molar-refractivity contribution in [3.63, 3.8) is 0 Å². The first-order chi connectivity index (χ1) is 13.9. The topological polar surface area (TPSA) is 71.7 Å². The number of hydrogen-bond acceptors (Lipinski definition) is 4. The van der Waals surface area contributed by atoms with E-state index in [0.29, 0.717) is 18.4 Å². The summed E-state index contributed by atoms with van der Waals surface area (Å²) in [7, 11) is 1.79. The van der Waals surface area contributed by atoms with Crippen LogP contribution in [0.2, 0.25) is 0 Å². The van der Waals surface area contributed by atoms with E-state index in [2.05, 4.69) is 60.4 Å². The van der Waals surface area contributed by atoms with Gasteiger partial charge in [0.1, 0.15) is 6.26 Å². The highest BCUT2D eigenvalue weighted by atomic mass is 127. The Morgan fingerprint density at radius 3 is 2.60 bits per heavy atom. The Kier molecular flexibility index (Phi) is 9.15. The van der Waals surface area contributed by atoms with E-state index in [1.807, 2.05) is 12.1 Å². The van der Waals surface area contributed by atoms with Crippen LogP contribution < -0.4 is 10.6 Å². The van der Waals surface area contributed by atoms with E-state index in [9.17, 15) is 0 Å². The molecule has 2 heterocycles. The molecule has 1 aromatic heterocycles. The van der Waals surface area contributed by atoms with Gasteiger partial charge in [0.2, 0.25) is 5.89 Å². The second kappa shape index (κ2) is 11.1. The lowest BCUT2D eigenvalue weighted by molar-refractivity contribution is -0.0835. The van der Waals surface area contributed by atoms with Crippen LogP contribution in [-0.4, -0.2) is 37.2 Å². The molecule has 1 aromatic carbocycles. The SMILES string of the molecule is CN=C(NCc1coc(-c2ccc(C)cc2)n1)NCC1CCCOC1C(C)(C)C.I. The molecule has 0 bridgehead atoms. The first kappa shape index (κ1) is 24.7. The Hall–Kier alpha value is -1.61. The van der Waals surface area contributed by atoms with Crippen molar-refractivity contribution in [3.05, 3.63) is 41.8 Å². The van der Waals surface area contributed by atoms with E-state index < -0.39 is 0 Å². The fourth-order valence-electron chi connectivity index (χ4n) is 3.85. The summed E-state index contributed by atoms with van der Waals surface area (Å²) in [6.07, 6.45) is 4.25. The number of oxazole rings is 1. The normalized spacial score (nSPS) is 19.8. The van der Waals surface area contributed by atoms with Crippen molar-refractivity contribution >= 4 is 29.9 Å². The minimum Gasteiger partial charge on any atom is -0.444 e. The summed E-state index contributed by atoms with van der Waals surface area (Å²) in [5, 5.41) is 6.79. The Bertz CT molecular complexity index is 811. The molecule has 0 aliphatic carbocycles. The Morgan fingerprint density at radius 2 is 1.93 bits per heavy atom. The third-order valence-electron chi connectivity index (χ3n) is 5.34. The number of hydrogen-bond donors (Lipinski definition) is 2. The fraction of sp³-hybridized carbons (Fsp3) is 0.565. The van der Waals surface area contributed by atoms with Crippen LogP contribution in [-0.2, 0) is 11.3 Å². The maximum atomic E-state index is 6.08. The number of guanidine groups is 1. The van der Waals surface area contributed by atoms with E-state index in [-0.39, 0.29) is 35.5 Å². The Labute approximate surface area is 197 Å². The zero-order valence-corrected chi connectivity index (χ0v) is 21.0. The van der Waals surface area contributed by atoms with Gasteiger partial charge in [-0.3, -0.25) is 4.99 Å². The summed E-state index contributed by atoms with van der Waals surface area (Å²) >= 11 is 0. The van der Waals surface area contributed by atoms with Gasteiger partial charge in [-0.25, -0.2) is 4.98 Å². The van der Waals surface area contributed by atoms with Crippen molar-refractivity contribution in [2.24, 2.45) is 16.3 Å². The van der Waals surface area contributed by atoms with Crippen molar-refractivity contribution in [1.29, 1.82) is 0 Å². The van der Waals surface area contributed by atoms with Crippen LogP contribution in [0.1, 0.15) is 44.9 Å². The molecule has 6 nitrogen and oxygen atoms in total. The molecular formula is C23H35IN4O2. The average molecular weight is 526 g/mol. The van der Waals surface area contributed by atoms with Crippen LogP contribution in [0.25, 0.3) is 11.5 Å². The molecule has 2 unspecified atom stereocenters. The van der Waals surface area contributed by atoms with E-state index >= 15 is 0 Å². The monoisotopic (exact) mass is 526 g/mol. The second-order valence-corrected chi connectivity index (χ2v) is 8.88. The highest BCUT2D eigenvalue weighted by Crippen LogP contribution is 2.33. The Balaban J connectivity index is 0.00000320. The number of aliphatic imine (C=N–C) groups is 1. The van der Waals surface area contributed by atoms with E-state index in [0.717, 1.165) is 36.8 Å². The van der Waals surface area contributed by atoms with E-state index in [1.54, 1.807) is 13.3 Å². The largest absolute Gasteiger partial charge is 0.444 e. The van der Waals surface area contributed by atoms with Crippen LogP contribution in [0.3, 0.4) is 0 Å². The zero-order valence-electron chi connectivity index (χ0n) is 18.7. The molecule has 1 aliphatic rings. The molecule has 3 rings (SSSR count). The molecule has 2 atom stereocenters. The average Bonchev–Trinajstić information content (AvgIpc) is 3.17. The lowest BCUT2D eigenvalue weighted by atomic mass is 9.78. The molecule has 2 aromatic rings. The zero-order chi connectivity index (χ0) is 20.9. The van der Waals surface area contributed by atoms with E-state index in [4.69, 9.17) is 9.15 Å². The molecule has 0 saturated carbocycles. The summed E-state index contributed by atoms with van der Waals surface area (Å²) in [6, 6.07) is 8.17. The van der Waals surface area contributed by atoms with Gasteiger partial charge < -0.3 is 19.8 Å². The number of rotatable bonds is 5. The molecule has 1 saturated heterocycles. The van der Waals surface area contributed by atoms with Crippen molar-refractivity contribution in [1.82, 2.24) is 15.6 Å². The number of halogens is 1. The fourth-order valence-corrected chi connectivity index (χ4v) is 3.85. The van der Waals surface area contributed by atoms with Gasteiger partial charge in [-0.1, -0.05) is 38.5 Å². The molecule has 1 fully saturated rings. The highest BCUT2D eigenvalue weighted by molar-refractivity contribution is 14.0. The molecule has 0 radical (unpaired) electrons. The summed E-state index contributed by atoms with van der Waals surface area (Å²) in [6.45, 7) is 11.1. The van der Waals surface area contributed by atoms with Gasteiger partial charge in [-0.2, -0.15) is 0 Å². The molecule has 7 heteroatoms. The predicted molar refractivity (Wildman–Crippen MR) is 132 cm³/mol. The van der Waals surface area contributed by atoms with Gasteiger partial charge in [0.05, 0.1) is 18.3 Å². The van der Waals surface area contributed by atoms with Crippen molar-refractivity contribution < 1.29 is 9.15 Å². The number of nitrogens with one attached hydrogen (secondary N) is 2. The predicted octanol–water partition coefficient (Wildman–Crippen LogP) is 4.77. The molecule has 166 valence electrons. The highest BCUT2D eigenvalue weighted by Gasteiger charge is 2.35. The Morgan fingerprint density at radius 1 is 1.20 bits per heavy atom. The van der Waals surface area contributed by atoms with Gasteiger partial charge in [0, 0.05) is 31.7 Å². The molecule has 0 amide bonds. The van der Waals surface area contributed by atoms with Crippen LogP contribution >= 0.6 is 24.0 Å². The first-order valence-electron chi connectivity index (χ1n) is 10.4. The van der Waals surface area contributed by atoms with Crippen LogP contribution in [0.4, 0.5) is 0 Å². The van der Waals surface area contributed by atoms with Crippen molar-refractivity contribution in [2.45, 2.75) is 53.2 Å². The summed E-state index contributed by atoms with van der Waals surface area (Å²) < 4.78 is 11.7. The minimum atomic E-state index is 0. The molecular weight excluding hydrogens is 491 g/mol. The third kappa shape index (κ3) is 6.70. The molecule has 2 N–H and O–H groups in total. The number of aromatic nitrogens is 1. The second-order valence-electron chi connectivity index (χ2n) is 8.88. The van der Waals surface area contributed by atoms with Crippen LogP contribution in [0.15, 0.2) is 39.9 Å². The van der Waals surface area contributed by atoms with Crippen molar-refractivity contribution in [2.75, 3.05) is 20.2 Å². The number of benzene rings is 1. The van der Waals surface area contributed by atoms with E-state index in [1.165, 1.54) is 12.0 Å². The molecule has 0 spiro atoms. The number of ether oxygens (including phenoxy) is 1. The smallest absolute Gasteiger partial charge is 0.226 e. The van der Waals surface area contributed by atoms with Gasteiger partial charge >= 0.3 is 0 Å². The number of aryl methyl sites for hydroxylation is 1. The standard InChI is InChI=1S/C23H34N4O2.HI/c1-16-8-10-17(11-9-16)21-27-19(15-29-21)14-26-22(24-5)25-13-18-7-6-12-28-20(18)23(2,3)4;/h8-11,15,18,20H,6-7,12-14H2,1-5H3,(H2,24,25,26);1H. The summed E-state index contributed by atoms with van der Waals surface area (Å²) in [5.74, 6) is 1.88. The van der Waals surface area contributed by atoms with Gasteiger partial charge in [0.25, 0.3) is 0 Å². The lowest BCUT2D eigenvalue weighted by Gasteiger charge is -2.40. The van der Waals surface area contributed by atoms with Gasteiger partial charge in [0.15, 0.2) is 5.96 Å². The first-order valence-corrected chi connectivity index (χ1v) is 10.4. The van der Waals surface area contributed by atoms with Crippen molar-refractivity contribution in [3.8, 4) is 11.5 Å². The minimum absolute atomic E-state index is 0. The maximum Gasteiger partial charge on any atom is 0.226 e. The van der Waals surface area contributed by atoms with Gasteiger partial charge in [-0.15, -0.1) is 24.0 Å². The molecule has 1 aliphatic heterocycles. The summed E-state index contributed by atoms with van der Waals surface area (Å²) in [5.41, 5.74) is 3.18. The number of nitrogens with zero attached hydrogens (tertiary/aromatic N) is 2. The van der Waals surface area contributed by atoms with Crippen LogP contribution in [0, 0.1) is 18.3 Å². The third-order valence-corrected chi connectivity index (χ3v) is 5.34. The molecule has 30 heavy (non-hydrogen) atoms. The maximum absolute atomic E-state index is 6.08. The lowest BCUT2D eigenvalue weighted by Crippen LogP contribution is -2.47. The quantitative estimate of drug-likeness (QED) is 0.334.